The van der Waals surface area contributed by atoms with E-state index in [0.717, 1.165) is 0 Å². The SMILES string of the molecule is CCN(CC(=O)Nc1ccc2c(c1)OCCO2)C(=O)c1cccnc1SC(F)F. The van der Waals surface area contributed by atoms with Crippen molar-refractivity contribution in [3.8, 4) is 11.5 Å². The smallest absolute Gasteiger partial charge is 0.290 e. The largest absolute Gasteiger partial charge is 0.486 e. The van der Waals surface area contributed by atoms with Gasteiger partial charge in [0, 0.05) is 24.5 Å². The van der Waals surface area contributed by atoms with Crippen molar-refractivity contribution in [3.63, 3.8) is 0 Å². The van der Waals surface area contributed by atoms with Crippen molar-refractivity contribution < 1.29 is 27.8 Å². The third-order valence-electron chi connectivity index (χ3n) is 4.03. The van der Waals surface area contributed by atoms with Crippen LogP contribution in [0.1, 0.15) is 17.3 Å². The van der Waals surface area contributed by atoms with Crippen molar-refractivity contribution in [1.29, 1.82) is 0 Å². The van der Waals surface area contributed by atoms with Crippen LogP contribution in [0, 0.1) is 0 Å². The number of hydrogen-bond acceptors (Lipinski definition) is 6. The van der Waals surface area contributed by atoms with Gasteiger partial charge in [0.2, 0.25) is 5.91 Å². The molecule has 2 amide bonds. The van der Waals surface area contributed by atoms with Crippen molar-refractivity contribution in [2.75, 3.05) is 31.6 Å². The van der Waals surface area contributed by atoms with Gasteiger partial charge in [-0.2, -0.15) is 8.78 Å². The van der Waals surface area contributed by atoms with E-state index in [1.807, 2.05) is 0 Å². The quantitative estimate of drug-likeness (QED) is 0.689. The maximum Gasteiger partial charge on any atom is 0.290 e. The zero-order chi connectivity index (χ0) is 20.8. The van der Waals surface area contributed by atoms with E-state index in [4.69, 9.17) is 9.47 Å². The summed E-state index contributed by atoms with van der Waals surface area (Å²) in [4.78, 5) is 30.3. The number of thioether (sulfide) groups is 1. The lowest BCUT2D eigenvalue weighted by Crippen LogP contribution is -2.38. The van der Waals surface area contributed by atoms with Crippen LogP contribution in [0.4, 0.5) is 14.5 Å². The number of alkyl halides is 2. The molecule has 0 aliphatic carbocycles. The predicted molar refractivity (Wildman–Crippen MR) is 104 cm³/mol. The summed E-state index contributed by atoms with van der Waals surface area (Å²) in [6.07, 6.45) is 1.34. The molecule has 1 aromatic carbocycles. The van der Waals surface area contributed by atoms with Gasteiger partial charge in [0.15, 0.2) is 11.5 Å². The molecule has 7 nitrogen and oxygen atoms in total. The maximum atomic E-state index is 12.8. The number of ether oxygens (including phenoxy) is 2. The van der Waals surface area contributed by atoms with Crippen LogP contribution in [0.25, 0.3) is 0 Å². The second-order valence-corrected chi connectivity index (χ2v) is 6.94. The van der Waals surface area contributed by atoms with Gasteiger partial charge in [-0.05, 0) is 43.0 Å². The van der Waals surface area contributed by atoms with Crippen LogP contribution in [0.5, 0.6) is 11.5 Å². The Labute approximate surface area is 170 Å². The number of carbonyl (C=O) groups excluding carboxylic acids is 2. The Morgan fingerprint density at radius 3 is 2.72 bits per heavy atom. The normalized spacial score (nSPS) is 12.6. The molecule has 0 unspecified atom stereocenters. The minimum absolute atomic E-state index is 0.0341. The summed E-state index contributed by atoms with van der Waals surface area (Å²) in [5.74, 6) is -2.54. The average molecular weight is 423 g/mol. The number of benzene rings is 1. The van der Waals surface area contributed by atoms with Gasteiger partial charge in [0.1, 0.15) is 24.8 Å². The molecule has 0 radical (unpaired) electrons. The molecule has 3 rings (SSSR count). The highest BCUT2D eigenvalue weighted by molar-refractivity contribution is 7.99. The zero-order valence-corrected chi connectivity index (χ0v) is 16.4. The zero-order valence-electron chi connectivity index (χ0n) is 15.6. The molecule has 1 aliphatic heterocycles. The van der Waals surface area contributed by atoms with Crippen molar-refractivity contribution in [3.05, 3.63) is 42.1 Å². The summed E-state index contributed by atoms with van der Waals surface area (Å²) >= 11 is 0.198. The molecule has 0 spiro atoms. The number of likely N-dealkylation sites (N-methyl/N-ethyl adjacent to an activating group) is 1. The fraction of sp³-hybridized carbons (Fsp3) is 0.316. The number of nitrogens with zero attached hydrogens (tertiary/aromatic N) is 2. The van der Waals surface area contributed by atoms with Crippen molar-refractivity contribution in [2.24, 2.45) is 0 Å². The lowest BCUT2D eigenvalue weighted by molar-refractivity contribution is -0.116. The summed E-state index contributed by atoms with van der Waals surface area (Å²) in [7, 11) is 0. The van der Waals surface area contributed by atoms with E-state index in [-0.39, 0.29) is 35.4 Å². The molecule has 0 atom stereocenters. The lowest BCUT2D eigenvalue weighted by Gasteiger charge is -2.22. The Bertz CT molecular complexity index is 898. The highest BCUT2D eigenvalue weighted by Crippen LogP contribution is 2.32. The Kier molecular flexibility index (Phi) is 6.86. The van der Waals surface area contributed by atoms with Crippen LogP contribution in [0.3, 0.4) is 0 Å². The van der Waals surface area contributed by atoms with Crippen LogP contribution in [-0.2, 0) is 4.79 Å². The van der Waals surface area contributed by atoms with Gasteiger partial charge in [0.25, 0.3) is 11.7 Å². The molecule has 1 N–H and O–H groups in total. The van der Waals surface area contributed by atoms with E-state index in [1.165, 1.54) is 23.2 Å². The molecule has 2 heterocycles. The van der Waals surface area contributed by atoms with E-state index < -0.39 is 17.6 Å². The Balaban J connectivity index is 1.68. The van der Waals surface area contributed by atoms with Gasteiger partial charge in [-0.3, -0.25) is 9.59 Å². The highest BCUT2D eigenvalue weighted by Gasteiger charge is 2.23. The second-order valence-electron chi connectivity index (χ2n) is 5.96. The van der Waals surface area contributed by atoms with Crippen LogP contribution >= 0.6 is 11.8 Å². The maximum absolute atomic E-state index is 12.8. The third-order valence-corrected chi connectivity index (χ3v) is 4.76. The van der Waals surface area contributed by atoms with Gasteiger partial charge < -0.3 is 19.7 Å². The molecule has 154 valence electrons. The van der Waals surface area contributed by atoms with Crippen molar-refractivity contribution in [1.82, 2.24) is 9.88 Å². The summed E-state index contributed by atoms with van der Waals surface area (Å²) in [6.45, 7) is 2.57. The number of halogens is 2. The molecule has 0 saturated heterocycles. The van der Waals surface area contributed by atoms with Crippen molar-refractivity contribution in [2.45, 2.75) is 17.7 Å². The highest BCUT2D eigenvalue weighted by atomic mass is 32.2. The lowest BCUT2D eigenvalue weighted by atomic mass is 10.2. The number of hydrogen-bond donors (Lipinski definition) is 1. The molecule has 1 aliphatic rings. The Morgan fingerprint density at radius 2 is 2.00 bits per heavy atom. The fourth-order valence-electron chi connectivity index (χ4n) is 2.72. The summed E-state index contributed by atoms with van der Waals surface area (Å²) in [6, 6.07) is 7.91. The van der Waals surface area contributed by atoms with Gasteiger partial charge in [0.05, 0.1) is 5.56 Å². The molecule has 0 saturated carbocycles. The van der Waals surface area contributed by atoms with E-state index in [1.54, 1.807) is 25.1 Å². The van der Waals surface area contributed by atoms with Gasteiger partial charge in [-0.25, -0.2) is 4.98 Å². The van der Waals surface area contributed by atoms with E-state index in [2.05, 4.69) is 10.3 Å². The second kappa shape index (κ2) is 9.55. The number of amides is 2. The Morgan fingerprint density at radius 1 is 1.24 bits per heavy atom. The fourth-order valence-corrected chi connectivity index (χ4v) is 3.30. The molecule has 0 bridgehead atoms. The first-order valence-corrected chi connectivity index (χ1v) is 9.74. The van der Waals surface area contributed by atoms with Crippen LogP contribution in [0.2, 0.25) is 0 Å². The van der Waals surface area contributed by atoms with Gasteiger partial charge in [-0.1, -0.05) is 0 Å². The molecule has 0 fully saturated rings. The number of rotatable bonds is 7. The number of fused-ring (bicyclic) bond motifs is 1. The molecular weight excluding hydrogens is 404 g/mol. The minimum atomic E-state index is -2.70. The van der Waals surface area contributed by atoms with Crippen LogP contribution < -0.4 is 14.8 Å². The van der Waals surface area contributed by atoms with Gasteiger partial charge in [-0.15, -0.1) is 0 Å². The monoisotopic (exact) mass is 423 g/mol. The van der Waals surface area contributed by atoms with Crippen LogP contribution in [0.15, 0.2) is 41.6 Å². The summed E-state index contributed by atoms with van der Waals surface area (Å²) in [5.41, 5.74) is 0.532. The molecule has 10 heteroatoms. The topological polar surface area (TPSA) is 80.8 Å². The standard InChI is InChI=1S/C19H19F2N3O4S/c1-2-24(18(26)13-4-3-7-22-17(13)29-19(20)21)11-16(25)23-12-5-6-14-15(10-12)28-9-8-27-14/h3-7,10,19H,2,8-9,11H2,1H3,(H,23,25). The summed E-state index contributed by atoms with van der Waals surface area (Å²) in [5, 5.41) is 2.63. The average Bonchev–Trinajstić information content (AvgIpc) is 2.71. The van der Waals surface area contributed by atoms with E-state index >= 15 is 0 Å². The first kappa shape index (κ1) is 20.8. The number of anilines is 1. The molecule has 2 aromatic rings. The van der Waals surface area contributed by atoms with Crippen molar-refractivity contribution >= 4 is 29.3 Å². The third kappa shape index (κ3) is 5.35. The minimum Gasteiger partial charge on any atom is -0.486 e. The first-order valence-electron chi connectivity index (χ1n) is 8.86. The number of carbonyl (C=O) groups is 2. The first-order chi connectivity index (χ1) is 14.0. The van der Waals surface area contributed by atoms with Gasteiger partial charge >= 0.3 is 0 Å². The van der Waals surface area contributed by atoms with Crippen LogP contribution in [-0.4, -0.2) is 53.8 Å². The molecular formula is C19H19F2N3O4S. The number of nitrogens with one attached hydrogen (secondary N) is 1. The number of pyridine rings is 1. The molecule has 1 aromatic heterocycles. The van der Waals surface area contributed by atoms with E-state index in [0.29, 0.717) is 30.4 Å². The Hall–Kier alpha value is -2.88. The summed E-state index contributed by atoms with van der Waals surface area (Å²) < 4.78 is 36.4. The van der Waals surface area contributed by atoms with E-state index in [9.17, 15) is 18.4 Å². The predicted octanol–water partition coefficient (Wildman–Crippen LogP) is 3.27. The molecule has 29 heavy (non-hydrogen) atoms. The number of aromatic nitrogens is 1.